The topological polar surface area (TPSA) is 118 Å². The molecule has 0 amide bonds. The van der Waals surface area contributed by atoms with Gasteiger partial charge < -0.3 is 0 Å². The lowest BCUT2D eigenvalue weighted by Gasteiger charge is -2.33. The highest BCUT2D eigenvalue weighted by Gasteiger charge is 2.35. The van der Waals surface area contributed by atoms with Gasteiger partial charge in [-0.2, -0.15) is 8.61 Å². The Bertz CT molecular complexity index is 1270. The first-order valence-electron chi connectivity index (χ1n) is 10.5. The predicted molar refractivity (Wildman–Crippen MR) is 118 cm³/mol. The molecular formula is C21H25N3O6S2. The molecule has 172 valence electrons. The second-order valence-electron chi connectivity index (χ2n) is 8.10. The number of fused-ring (bicyclic) bond motifs is 1. The third-order valence-corrected chi connectivity index (χ3v) is 10.2. The Kier molecular flexibility index (Phi) is 6.10. The van der Waals surface area contributed by atoms with Gasteiger partial charge in [0.15, 0.2) is 0 Å². The molecule has 1 fully saturated rings. The molecule has 0 bridgehead atoms. The fourth-order valence-corrected chi connectivity index (χ4v) is 7.53. The number of sulfonamides is 2. The Morgan fingerprint density at radius 2 is 1.44 bits per heavy atom. The third kappa shape index (κ3) is 4.05. The van der Waals surface area contributed by atoms with E-state index in [2.05, 4.69) is 0 Å². The van der Waals surface area contributed by atoms with Gasteiger partial charge in [0.25, 0.3) is 5.69 Å². The van der Waals surface area contributed by atoms with Crippen molar-refractivity contribution in [3.05, 3.63) is 63.2 Å². The van der Waals surface area contributed by atoms with Crippen LogP contribution in [0.15, 0.2) is 46.2 Å². The van der Waals surface area contributed by atoms with Crippen molar-refractivity contribution in [1.29, 1.82) is 0 Å². The molecule has 11 heteroatoms. The molecular weight excluding hydrogens is 454 g/mol. The Labute approximate surface area is 187 Å². The number of aryl methyl sites for hydroxylation is 2. The maximum atomic E-state index is 13.2. The van der Waals surface area contributed by atoms with E-state index in [0.29, 0.717) is 0 Å². The fraction of sp³-hybridized carbons (Fsp3) is 0.429. The lowest BCUT2D eigenvalue weighted by molar-refractivity contribution is -0.385. The minimum absolute atomic E-state index is 0.0192. The van der Waals surface area contributed by atoms with E-state index in [1.165, 1.54) is 39.3 Å². The number of rotatable bonds is 5. The van der Waals surface area contributed by atoms with Crippen LogP contribution in [0.4, 0.5) is 5.69 Å². The fourth-order valence-electron chi connectivity index (χ4n) is 4.39. The van der Waals surface area contributed by atoms with Crippen LogP contribution in [0.5, 0.6) is 0 Å². The normalized spacial score (nSPS) is 18.3. The van der Waals surface area contributed by atoms with E-state index in [0.717, 1.165) is 31.2 Å². The van der Waals surface area contributed by atoms with Crippen LogP contribution in [-0.4, -0.2) is 56.5 Å². The zero-order chi connectivity index (χ0) is 23.1. The summed E-state index contributed by atoms with van der Waals surface area (Å²) < 4.78 is 55.0. The average molecular weight is 480 g/mol. The number of hydrogen-bond donors (Lipinski definition) is 0. The monoisotopic (exact) mass is 479 g/mol. The van der Waals surface area contributed by atoms with Crippen LogP contribution in [0.25, 0.3) is 0 Å². The molecule has 0 aromatic heterocycles. The minimum Gasteiger partial charge on any atom is -0.258 e. The van der Waals surface area contributed by atoms with Crippen molar-refractivity contribution in [2.45, 2.75) is 42.4 Å². The first-order valence-corrected chi connectivity index (χ1v) is 13.4. The van der Waals surface area contributed by atoms with Crippen molar-refractivity contribution >= 4 is 25.7 Å². The summed E-state index contributed by atoms with van der Waals surface area (Å²) in [7, 11) is -7.72. The summed E-state index contributed by atoms with van der Waals surface area (Å²) >= 11 is 0. The molecule has 1 aliphatic carbocycles. The molecule has 9 nitrogen and oxygen atoms in total. The number of nitro benzene ring substituents is 1. The molecule has 0 atom stereocenters. The maximum absolute atomic E-state index is 13.2. The van der Waals surface area contributed by atoms with Gasteiger partial charge in [0.05, 0.1) is 14.7 Å². The molecule has 0 saturated carbocycles. The van der Waals surface area contributed by atoms with Crippen molar-refractivity contribution in [3.8, 4) is 0 Å². The first kappa shape index (κ1) is 22.8. The predicted octanol–water partition coefficient (Wildman–Crippen LogP) is 2.48. The van der Waals surface area contributed by atoms with Gasteiger partial charge in [0.2, 0.25) is 20.0 Å². The van der Waals surface area contributed by atoms with Gasteiger partial charge in [0, 0.05) is 37.8 Å². The minimum atomic E-state index is -3.99. The van der Waals surface area contributed by atoms with E-state index in [4.69, 9.17) is 0 Å². The van der Waals surface area contributed by atoms with Crippen molar-refractivity contribution in [3.63, 3.8) is 0 Å². The summed E-state index contributed by atoms with van der Waals surface area (Å²) in [6, 6.07) is 9.21. The largest absolute Gasteiger partial charge is 0.273 e. The zero-order valence-corrected chi connectivity index (χ0v) is 19.4. The average Bonchev–Trinajstić information content (AvgIpc) is 2.78. The summed E-state index contributed by atoms with van der Waals surface area (Å²) in [6.45, 7) is 1.41. The molecule has 0 spiro atoms. The number of piperazine rings is 1. The number of nitro groups is 1. The lowest BCUT2D eigenvalue weighted by Crippen LogP contribution is -2.50. The Hall–Kier alpha value is -2.34. The van der Waals surface area contributed by atoms with E-state index < -0.39 is 25.0 Å². The van der Waals surface area contributed by atoms with Crippen LogP contribution in [-0.2, 0) is 32.9 Å². The van der Waals surface area contributed by atoms with Gasteiger partial charge in [-0.15, -0.1) is 0 Å². The second kappa shape index (κ2) is 8.54. The van der Waals surface area contributed by atoms with Gasteiger partial charge >= 0.3 is 0 Å². The number of hydrogen-bond acceptors (Lipinski definition) is 6. The molecule has 4 rings (SSSR count). The molecule has 0 unspecified atom stereocenters. The standard InChI is InChI=1S/C21H25N3O6S2/c1-16-20(24(25)26)7-4-8-21(16)32(29,30)23-13-11-22(12-14-23)31(27,28)19-10-9-17-5-2-3-6-18(17)15-19/h4,7-10,15H,2-3,5-6,11-14H2,1H3. The van der Waals surface area contributed by atoms with E-state index >= 15 is 0 Å². The molecule has 0 N–H and O–H groups in total. The number of nitrogens with zero attached hydrogens (tertiary/aromatic N) is 3. The van der Waals surface area contributed by atoms with Gasteiger partial charge in [-0.1, -0.05) is 12.1 Å². The van der Waals surface area contributed by atoms with E-state index in [1.807, 2.05) is 6.07 Å². The molecule has 0 radical (unpaired) electrons. The maximum Gasteiger partial charge on any atom is 0.273 e. The van der Waals surface area contributed by atoms with Crippen LogP contribution >= 0.6 is 0 Å². The second-order valence-corrected chi connectivity index (χ2v) is 11.9. The smallest absolute Gasteiger partial charge is 0.258 e. The van der Waals surface area contributed by atoms with Crippen LogP contribution < -0.4 is 0 Å². The summed E-state index contributed by atoms with van der Waals surface area (Å²) in [6.07, 6.45) is 3.99. The molecule has 2 aliphatic rings. The van der Waals surface area contributed by atoms with E-state index in [-0.39, 0.29) is 47.2 Å². The zero-order valence-electron chi connectivity index (χ0n) is 17.7. The SMILES string of the molecule is Cc1c([N+](=O)[O-])cccc1S(=O)(=O)N1CCN(S(=O)(=O)c2ccc3c(c2)CCCC3)CC1. The van der Waals surface area contributed by atoms with Gasteiger partial charge in [-0.05, 0) is 61.9 Å². The lowest BCUT2D eigenvalue weighted by atomic mass is 9.92. The van der Waals surface area contributed by atoms with Gasteiger partial charge in [-0.3, -0.25) is 10.1 Å². The van der Waals surface area contributed by atoms with E-state index in [1.54, 1.807) is 12.1 Å². The highest BCUT2D eigenvalue weighted by atomic mass is 32.2. The van der Waals surface area contributed by atoms with Gasteiger partial charge in [-0.25, -0.2) is 16.8 Å². The summed E-state index contributed by atoms with van der Waals surface area (Å²) in [5.74, 6) is 0. The molecule has 2 aromatic rings. The summed E-state index contributed by atoms with van der Waals surface area (Å²) in [5, 5.41) is 11.2. The quantitative estimate of drug-likeness (QED) is 0.480. The number of benzene rings is 2. The van der Waals surface area contributed by atoms with Crippen LogP contribution in [0, 0.1) is 17.0 Å². The van der Waals surface area contributed by atoms with Crippen molar-refractivity contribution in [1.82, 2.24) is 8.61 Å². The van der Waals surface area contributed by atoms with Crippen LogP contribution in [0.2, 0.25) is 0 Å². The molecule has 1 heterocycles. The van der Waals surface area contributed by atoms with E-state index in [9.17, 15) is 26.9 Å². The summed E-state index contributed by atoms with van der Waals surface area (Å²) in [5.41, 5.74) is 2.07. The van der Waals surface area contributed by atoms with Gasteiger partial charge in [0.1, 0.15) is 0 Å². The van der Waals surface area contributed by atoms with Crippen molar-refractivity contribution in [2.24, 2.45) is 0 Å². The Morgan fingerprint density at radius 1 is 0.844 bits per heavy atom. The van der Waals surface area contributed by atoms with Crippen LogP contribution in [0.3, 0.4) is 0 Å². The highest BCUT2D eigenvalue weighted by Crippen LogP contribution is 2.29. The molecule has 32 heavy (non-hydrogen) atoms. The van der Waals surface area contributed by atoms with Crippen LogP contribution in [0.1, 0.15) is 29.5 Å². The Morgan fingerprint density at radius 3 is 2.06 bits per heavy atom. The van der Waals surface area contributed by atoms with Crippen molar-refractivity contribution in [2.75, 3.05) is 26.2 Å². The highest BCUT2D eigenvalue weighted by molar-refractivity contribution is 7.89. The molecule has 2 aromatic carbocycles. The molecule has 1 aliphatic heterocycles. The van der Waals surface area contributed by atoms with Crippen molar-refractivity contribution < 1.29 is 21.8 Å². The Balaban J connectivity index is 1.53. The molecule has 1 saturated heterocycles. The third-order valence-electron chi connectivity index (χ3n) is 6.23. The summed E-state index contributed by atoms with van der Waals surface area (Å²) in [4.78, 5) is 10.7. The first-order chi connectivity index (χ1) is 15.1.